The number of sulfone groups is 1. The summed E-state index contributed by atoms with van der Waals surface area (Å²) in [5, 5.41) is 0.828. The monoisotopic (exact) mass is 226 g/mol. The van der Waals surface area contributed by atoms with Crippen LogP contribution in [0.2, 0.25) is 0 Å². The van der Waals surface area contributed by atoms with E-state index < -0.39 is 15.8 Å². The highest BCUT2D eigenvalue weighted by Crippen LogP contribution is 2.10. The van der Waals surface area contributed by atoms with Gasteiger partial charge in [0.1, 0.15) is 0 Å². The van der Waals surface area contributed by atoms with E-state index in [2.05, 4.69) is 4.74 Å². The highest BCUT2D eigenvalue weighted by molar-refractivity contribution is 7.94. The quantitative estimate of drug-likeness (QED) is 0.573. The zero-order chi connectivity index (χ0) is 11.3. The first-order chi connectivity index (χ1) is 7.06. The summed E-state index contributed by atoms with van der Waals surface area (Å²) >= 11 is 0. The normalized spacial score (nSPS) is 11.5. The molecule has 0 aliphatic heterocycles. The van der Waals surface area contributed by atoms with Gasteiger partial charge in [0, 0.05) is 11.5 Å². The number of methoxy groups -OCH3 is 1. The van der Waals surface area contributed by atoms with Crippen molar-refractivity contribution in [1.82, 2.24) is 0 Å². The Hall–Kier alpha value is -1.62. The van der Waals surface area contributed by atoms with Crippen molar-refractivity contribution in [1.29, 1.82) is 0 Å². The van der Waals surface area contributed by atoms with Crippen molar-refractivity contribution in [3.63, 3.8) is 0 Å². The molecule has 0 atom stereocenters. The lowest BCUT2D eigenvalue weighted by Gasteiger charge is -1.97. The minimum absolute atomic E-state index is 0.144. The number of esters is 1. The fourth-order valence-corrected chi connectivity index (χ4v) is 1.89. The minimum atomic E-state index is -3.55. The van der Waals surface area contributed by atoms with E-state index in [9.17, 15) is 13.2 Å². The number of rotatable bonds is 3. The average Bonchev–Trinajstić information content (AvgIpc) is 2.27. The van der Waals surface area contributed by atoms with Crippen LogP contribution in [0, 0.1) is 0 Å². The molecule has 4 nitrogen and oxygen atoms in total. The van der Waals surface area contributed by atoms with Gasteiger partial charge in [-0.1, -0.05) is 18.2 Å². The summed E-state index contributed by atoms with van der Waals surface area (Å²) < 4.78 is 27.4. The van der Waals surface area contributed by atoms with Crippen LogP contribution in [0.4, 0.5) is 0 Å². The van der Waals surface area contributed by atoms with Gasteiger partial charge in [0.25, 0.3) is 0 Å². The molecule has 80 valence electrons. The van der Waals surface area contributed by atoms with Gasteiger partial charge in [-0.25, -0.2) is 13.2 Å². The second-order valence-corrected chi connectivity index (χ2v) is 4.52. The Balaban J connectivity index is 2.96. The van der Waals surface area contributed by atoms with Gasteiger partial charge in [0.05, 0.1) is 12.0 Å². The second kappa shape index (κ2) is 4.75. The first-order valence-electron chi connectivity index (χ1n) is 4.12. The number of carbonyl (C=O) groups is 1. The van der Waals surface area contributed by atoms with Crippen molar-refractivity contribution in [2.24, 2.45) is 0 Å². The van der Waals surface area contributed by atoms with E-state index in [0.717, 1.165) is 11.5 Å². The summed E-state index contributed by atoms with van der Waals surface area (Å²) in [6.45, 7) is 0. The lowest BCUT2D eigenvalue weighted by atomic mass is 10.4. The lowest BCUT2D eigenvalue weighted by Crippen LogP contribution is -1.99. The second-order valence-electron chi connectivity index (χ2n) is 2.68. The highest BCUT2D eigenvalue weighted by Gasteiger charge is 2.09. The van der Waals surface area contributed by atoms with Crippen LogP contribution < -0.4 is 0 Å². The van der Waals surface area contributed by atoms with Gasteiger partial charge in [-0.15, -0.1) is 0 Å². The molecule has 0 aliphatic rings. The smallest absolute Gasteiger partial charge is 0.331 e. The van der Waals surface area contributed by atoms with E-state index >= 15 is 0 Å². The fraction of sp³-hybridized carbons (Fsp3) is 0.100. The van der Waals surface area contributed by atoms with Crippen LogP contribution in [0.5, 0.6) is 0 Å². The van der Waals surface area contributed by atoms with Crippen LogP contribution in [-0.4, -0.2) is 21.5 Å². The van der Waals surface area contributed by atoms with E-state index in [1.807, 2.05) is 0 Å². The van der Waals surface area contributed by atoms with Crippen LogP contribution in [0.15, 0.2) is 46.7 Å². The van der Waals surface area contributed by atoms with Crippen molar-refractivity contribution < 1.29 is 17.9 Å². The Kier molecular flexibility index (Phi) is 3.62. The largest absolute Gasteiger partial charge is 0.466 e. The molecule has 0 aliphatic carbocycles. The number of ether oxygens (including phenoxy) is 1. The molecule has 0 bridgehead atoms. The van der Waals surface area contributed by atoms with Crippen molar-refractivity contribution in [3.8, 4) is 0 Å². The molecular weight excluding hydrogens is 216 g/mol. The van der Waals surface area contributed by atoms with Gasteiger partial charge < -0.3 is 4.74 Å². The van der Waals surface area contributed by atoms with Crippen LogP contribution in [-0.2, 0) is 19.4 Å². The molecule has 0 radical (unpaired) electrons. The average molecular weight is 226 g/mol. The Morgan fingerprint density at radius 1 is 1.27 bits per heavy atom. The van der Waals surface area contributed by atoms with E-state index in [1.54, 1.807) is 18.2 Å². The molecule has 1 aromatic rings. The molecule has 0 spiro atoms. The Morgan fingerprint density at radius 3 is 2.40 bits per heavy atom. The summed E-state index contributed by atoms with van der Waals surface area (Å²) in [4.78, 5) is 10.9. The molecule has 0 saturated carbocycles. The van der Waals surface area contributed by atoms with Gasteiger partial charge >= 0.3 is 5.97 Å². The standard InChI is InChI=1S/C10H10O4S/c1-14-10(11)7-8-15(12,13)9-5-3-2-4-6-9/h2-8H,1H3. The molecule has 0 N–H and O–H groups in total. The number of hydrogen-bond acceptors (Lipinski definition) is 4. The maximum absolute atomic E-state index is 11.6. The van der Waals surface area contributed by atoms with Crippen molar-refractivity contribution in [2.75, 3.05) is 7.11 Å². The predicted molar refractivity (Wildman–Crippen MR) is 54.8 cm³/mol. The zero-order valence-electron chi connectivity index (χ0n) is 8.08. The van der Waals surface area contributed by atoms with E-state index in [0.29, 0.717) is 0 Å². The summed E-state index contributed by atoms with van der Waals surface area (Å²) in [5.41, 5.74) is 0. The van der Waals surface area contributed by atoms with Gasteiger partial charge in [-0.2, -0.15) is 0 Å². The summed E-state index contributed by atoms with van der Waals surface area (Å²) in [6, 6.07) is 7.84. The number of carbonyl (C=O) groups excluding carboxylic acids is 1. The maximum Gasteiger partial charge on any atom is 0.331 e. The number of hydrogen-bond donors (Lipinski definition) is 0. The molecule has 0 saturated heterocycles. The maximum atomic E-state index is 11.6. The molecule has 0 heterocycles. The van der Waals surface area contributed by atoms with E-state index in [4.69, 9.17) is 0 Å². The Bertz CT molecular complexity index is 459. The highest BCUT2D eigenvalue weighted by atomic mass is 32.2. The third-order valence-corrected chi connectivity index (χ3v) is 3.08. The third kappa shape index (κ3) is 3.21. The SMILES string of the molecule is COC(=O)C=CS(=O)(=O)c1ccccc1. The first kappa shape index (κ1) is 11.5. The molecule has 1 aromatic carbocycles. The lowest BCUT2D eigenvalue weighted by molar-refractivity contribution is -0.134. The van der Waals surface area contributed by atoms with E-state index in [1.165, 1.54) is 19.2 Å². The number of benzene rings is 1. The van der Waals surface area contributed by atoms with Gasteiger partial charge in [-0.05, 0) is 12.1 Å². The molecule has 5 heteroatoms. The van der Waals surface area contributed by atoms with Gasteiger partial charge in [0.2, 0.25) is 0 Å². The van der Waals surface area contributed by atoms with Crippen molar-refractivity contribution in [3.05, 3.63) is 41.8 Å². The molecule has 0 aromatic heterocycles. The van der Waals surface area contributed by atoms with Crippen molar-refractivity contribution in [2.45, 2.75) is 4.90 Å². The third-order valence-electron chi connectivity index (χ3n) is 1.66. The zero-order valence-corrected chi connectivity index (χ0v) is 8.90. The summed E-state index contributed by atoms with van der Waals surface area (Å²) in [5.74, 6) is -0.700. The topological polar surface area (TPSA) is 60.4 Å². The molecule has 1 rings (SSSR count). The van der Waals surface area contributed by atoms with Crippen LogP contribution in [0.3, 0.4) is 0 Å². The molecule has 0 amide bonds. The molecule has 0 fully saturated rings. The first-order valence-corrected chi connectivity index (χ1v) is 5.67. The summed E-state index contributed by atoms with van der Waals surface area (Å²) in [6.07, 6.45) is 0.877. The van der Waals surface area contributed by atoms with Gasteiger partial charge in [0.15, 0.2) is 9.84 Å². The predicted octanol–water partition coefficient (Wildman–Crippen LogP) is 1.15. The van der Waals surface area contributed by atoms with Crippen molar-refractivity contribution >= 4 is 15.8 Å². The Morgan fingerprint density at radius 2 is 1.87 bits per heavy atom. The molecule has 0 unspecified atom stereocenters. The summed E-state index contributed by atoms with van der Waals surface area (Å²) in [7, 11) is -2.36. The van der Waals surface area contributed by atoms with Gasteiger partial charge in [-0.3, -0.25) is 0 Å². The Labute approximate surface area is 88.1 Å². The van der Waals surface area contributed by atoms with Crippen LogP contribution in [0.1, 0.15) is 0 Å². The van der Waals surface area contributed by atoms with E-state index in [-0.39, 0.29) is 4.90 Å². The molecule has 15 heavy (non-hydrogen) atoms. The fourth-order valence-electron chi connectivity index (χ4n) is 0.902. The van der Waals surface area contributed by atoms with Crippen LogP contribution in [0.25, 0.3) is 0 Å². The molecular formula is C10H10O4S. The minimum Gasteiger partial charge on any atom is -0.466 e. The van der Waals surface area contributed by atoms with Crippen LogP contribution >= 0.6 is 0 Å².